The topological polar surface area (TPSA) is 87.2 Å². The van der Waals surface area contributed by atoms with Crippen LogP contribution in [-0.4, -0.2) is 39.3 Å². The summed E-state index contributed by atoms with van der Waals surface area (Å²) >= 11 is 5.85. The number of fused-ring (bicyclic) bond motifs is 1. The van der Waals surface area contributed by atoms with Gasteiger partial charge in [0.1, 0.15) is 24.0 Å². The number of amides is 2. The number of aromatic nitrogens is 2. The van der Waals surface area contributed by atoms with Gasteiger partial charge >= 0.3 is 0 Å². The van der Waals surface area contributed by atoms with E-state index in [1.54, 1.807) is 29.2 Å². The number of halogens is 2. The van der Waals surface area contributed by atoms with Crippen molar-refractivity contribution in [3.05, 3.63) is 53.6 Å². The van der Waals surface area contributed by atoms with Gasteiger partial charge in [0, 0.05) is 30.2 Å². The number of rotatable bonds is 4. The largest absolute Gasteiger partial charge is 0.340 e. The van der Waals surface area contributed by atoms with E-state index in [9.17, 15) is 14.0 Å². The van der Waals surface area contributed by atoms with E-state index < -0.39 is 11.9 Å². The van der Waals surface area contributed by atoms with Crippen LogP contribution in [0.15, 0.2) is 42.7 Å². The average Bonchev–Trinajstić information content (AvgIpc) is 3.22. The molecule has 9 heteroatoms. The fraction of sp³-hybridized carbons (Fsp3) is 0.238. The van der Waals surface area contributed by atoms with Crippen molar-refractivity contribution in [1.29, 1.82) is 0 Å². The maximum absolute atomic E-state index is 13.4. The Balaban J connectivity index is 1.60. The molecule has 30 heavy (non-hydrogen) atoms. The Morgan fingerprint density at radius 2 is 1.97 bits per heavy atom. The van der Waals surface area contributed by atoms with Crippen LogP contribution >= 0.6 is 11.6 Å². The minimum atomic E-state index is -0.508. The highest BCUT2D eigenvalue weighted by Gasteiger charge is 2.32. The third-order valence-electron chi connectivity index (χ3n) is 5.05. The molecule has 4 rings (SSSR count). The lowest BCUT2D eigenvalue weighted by Crippen LogP contribution is -2.42. The number of carbonyl (C=O) groups excluding carboxylic acids is 2. The summed E-state index contributed by atoms with van der Waals surface area (Å²) in [6.45, 7) is 2.06. The van der Waals surface area contributed by atoms with Gasteiger partial charge in [0.2, 0.25) is 11.8 Å². The number of anilines is 3. The van der Waals surface area contributed by atoms with Crippen LogP contribution in [0.25, 0.3) is 10.9 Å². The first-order chi connectivity index (χ1) is 14.4. The molecule has 1 fully saturated rings. The van der Waals surface area contributed by atoms with Crippen molar-refractivity contribution in [2.75, 3.05) is 17.2 Å². The monoisotopic (exact) mass is 427 g/mol. The molecule has 0 aliphatic carbocycles. The Morgan fingerprint density at radius 3 is 2.73 bits per heavy atom. The molecule has 1 atom stereocenters. The van der Waals surface area contributed by atoms with Crippen molar-refractivity contribution in [2.45, 2.75) is 25.8 Å². The second kappa shape index (κ2) is 8.23. The molecule has 1 saturated heterocycles. The van der Waals surface area contributed by atoms with E-state index in [-0.39, 0.29) is 16.8 Å². The highest BCUT2D eigenvalue weighted by molar-refractivity contribution is 6.31. The lowest BCUT2D eigenvalue weighted by atomic mass is 10.1. The van der Waals surface area contributed by atoms with Crippen LogP contribution in [0.3, 0.4) is 0 Å². The van der Waals surface area contributed by atoms with E-state index in [1.165, 1.54) is 25.4 Å². The van der Waals surface area contributed by atoms with Gasteiger partial charge in [0.15, 0.2) is 0 Å². The Hall–Kier alpha value is -3.26. The Morgan fingerprint density at radius 1 is 1.17 bits per heavy atom. The van der Waals surface area contributed by atoms with Crippen LogP contribution in [0, 0.1) is 5.82 Å². The van der Waals surface area contributed by atoms with Gasteiger partial charge in [-0.1, -0.05) is 11.6 Å². The van der Waals surface area contributed by atoms with E-state index in [0.29, 0.717) is 41.1 Å². The van der Waals surface area contributed by atoms with E-state index >= 15 is 0 Å². The van der Waals surface area contributed by atoms with Crippen LogP contribution in [-0.2, 0) is 9.59 Å². The third kappa shape index (κ3) is 4.04. The highest BCUT2D eigenvalue weighted by atomic mass is 35.5. The first-order valence-electron chi connectivity index (χ1n) is 9.47. The van der Waals surface area contributed by atoms with Gasteiger partial charge in [0.25, 0.3) is 0 Å². The van der Waals surface area contributed by atoms with Crippen molar-refractivity contribution >= 4 is 51.5 Å². The molecule has 2 aromatic carbocycles. The molecule has 1 aliphatic rings. The van der Waals surface area contributed by atoms with Gasteiger partial charge in [-0.15, -0.1) is 0 Å². The minimum Gasteiger partial charge on any atom is -0.340 e. The summed E-state index contributed by atoms with van der Waals surface area (Å²) in [6.07, 6.45) is 2.86. The van der Waals surface area contributed by atoms with Crippen LogP contribution in [0.1, 0.15) is 19.8 Å². The van der Waals surface area contributed by atoms with Crippen molar-refractivity contribution in [1.82, 2.24) is 14.9 Å². The second-order valence-electron chi connectivity index (χ2n) is 7.07. The van der Waals surface area contributed by atoms with Gasteiger partial charge in [0.05, 0.1) is 10.5 Å². The summed E-state index contributed by atoms with van der Waals surface area (Å²) in [5.74, 6) is -0.348. The van der Waals surface area contributed by atoms with E-state index in [1.807, 2.05) is 0 Å². The molecule has 1 aromatic heterocycles. The lowest BCUT2D eigenvalue weighted by Gasteiger charge is -2.22. The van der Waals surface area contributed by atoms with Crippen molar-refractivity contribution < 1.29 is 14.0 Å². The normalized spacial score (nSPS) is 16.0. The Labute approximate surface area is 177 Å². The molecule has 0 bridgehead atoms. The number of carbonyl (C=O) groups is 2. The third-order valence-corrected chi connectivity index (χ3v) is 5.33. The molecule has 0 saturated carbocycles. The average molecular weight is 428 g/mol. The fourth-order valence-corrected chi connectivity index (χ4v) is 3.77. The fourth-order valence-electron chi connectivity index (χ4n) is 3.59. The zero-order valence-electron chi connectivity index (χ0n) is 16.2. The van der Waals surface area contributed by atoms with Crippen LogP contribution in [0.5, 0.6) is 0 Å². The Kier molecular flexibility index (Phi) is 5.50. The molecule has 0 radical (unpaired) electrons. The van der Waals surface area contributed by atoms with E-state index in [4.69, 9.17) is 11.6 Å². The maximum atomic E-state index is 13.4. The van der Waals surface area contributed by atoms with Crippen LogP contribution in [0.4, 0.5) is 21.6 Å². The molecular formula is C21H19ClFN5O2. The molecule has 7 nitrogen and oxygen atoms in total. The number of benzene rings is 2. The minimum absolute atomic E-state index is 0.00194. The predicted molar refractivity (Wildman–Crippen MR) is 113 cm³/mol. The molecule has 2 N–H and O–H groups in total. The SMILES string of the molecule is CC(=O)N1CCC[C@@H]1C(=O)Nc1ccc2ncnc(Nc3ccc(F)c(Cl)c3)c2c1. The smallest absolute Gasteiger partial charge is 0.247 e. The van der Waals surface area contributed by atoms with Crippen molar-refractivity contribution in [3.63, 3.8) is 0 Å². The first-order valence-corrected chi connectivity index (χ1v) is 9.85. The predicted octanol–water partition coefficient (Wildman–Crippen LogP) is 4.12. The summed E-state index contributed by atoms with van der Waals surface area (Å²) < 4.78 is 13.4. The van der Waals surface area contributed by atoms with Gasteiger partial charge in [-0.25, -0.2) is 14.4 Å². The summed E-state index contributed by atoms with van der Waals surface area (Å²) in [7, 11) is 0. The van der Waals surface area contributed by atoms with E-state index in [2.05, 4.69) is 20.6 Å². The first kappa shape index (κ1) is 20.0. The summed E-state index contributed by atoms with van der Waals surface area (Å²) in [6, 6.07) is 9.09. The quantitative estimate of drug-likeness (QED) is 0.654. The van der Waals surface area contributed by atoms with Crippen molar-refractivity contribution in [2.24, 2.45) is 0 Å². The molecule has 2 amide bonds. The molecule has 3 aromatic rings. The van der Waals surface area contributed by atoms with Crippen LogP contribution < -0.4 is 10.6 Å². The number of likely N-dealkylation sites (tertiary alicyclic amines) is 1. The maximum Gasteiger partial charge on any atom is 0.247 e. The molecule has 2 heterocycles. The zero-order chi connectivity index (χ0) is 21.3. The van der Waals surface area contributed by atoms with Gasteiger partial charge in [-0.05, 0) is 49.2 Å². The van der Waals surface area contributed by atoms with Crippen molar-refractivity contribution in [3.8, 4) is 0 Å². The number of nitrogens with zero attached hydrogens (tertiary/aromatic N) is 3. The summed E-state index contributed by atoms with van der Waals surface area (Å²) in [4.78, 5) is 34.5. The molecule has 0 unspecified atom stereocenters. The molecule has 154 valence electrons. The van der Waals surface area contributed by atoms with Gasteiger partial charge in [-0.3, -0.25) is 9.59 Å². The number of hydrogen-bond acceptors (Lipinski definition) is 5. The number of hydrogen-bond donors (Lipinski definition) is 2. The standard InChI is InChI=1S/C21H19ClFN5O2/c1-12(29)28-8-2-3-19(28)21(30)27-13-5-7-18-15(9-13)20(25-11-24-18)26-14-4-6-17(23)16(22)10-14/h4-7,9-11,19H,2-3,8H2,1H3,(H,27,30)(H,24,25,26)/t19-/m1/s1. The second-order valence-corrected chi connectivity index (χ2v) is 7.47. The summed E-state index contributed by atoms with van der Waals surface area (Å²) in [5.41, 5.74) is 1.81. The molecule has 0 spiro atoms. The van der Waals surface area contributed by atoms with Gasteiger partial charge < -0.3 is 15.5 Å². The number of nitrogens with one attached hydrogen (secondary N) is 2. The zero-order valence-corrected chi connectivity index (χ0v) is 16.9. The molecular weight excluding hydrogens is 409 g/mol. The molecule has 1 aliphatic heterocycles. The lowest BCUT2D eigenvalue weighted by molar-refractivity contribution is -0.134. The van der Waals surface area contributed by atoms with Crippen LogP contribution in [0.2, 0.25) is 5.02 Å². The van der Waals surface area contributed by atoms with Gasteiger partial charge in [-0.2, -0.15) is 0 Å². The van der Waals surface area contributed by atoms with E-state index in [0.717, 1.165) is 6.42 Å². The summed E-state index contributed by atoms with van der Waals surface area (Å²) in [5, 5.41) is 6.66. The Bertz CT molecular complexity index is 1140. The highest BCUT2D eigenvalue weighted by Crippen LogP contribution is 2.28.